The summed E-state index contributed by atoms with van der Waals surface area (Å²) in [6.07, 6.45) is 8.58. The Hall–Kier alpha value is -2.82. The predicted octanol–water partition coefficient (Wildman–Crippen LogP) is 5.31. The number of hydrogen-bond donors (Lipinski definition) is 1. The van der Waals surface area contributed by atoms with Gasteiger partial charge in [0.05, 0.1) is 11.0 Å². The van der Waals surface area contributed by atoms with Crippen LogP contribution in [0.5, 0.6) is 5.75 Å². The lowest BCUT2D eigenvalue weighted by Gasteiger charge is -2.57. The number of nitrogens with zero attached hydrogens (tertiary/aromatic N) is 2. The molecule has 5 nitrogen and oxygen atoms in total. The number of hydrogen-bond acceptors (Lipinski definition) is 3. The van der Waals surface area contributed by atoms with E-state index in [1.54, 1.807) is 19.0 Å². The highest BCUT2D eigenvalue weighted by Crippen LogP contribution is 2.60. The molecule has 1 N–H and O–H groups in total. The van der Waals surface area contributed by atoms with Gasteiger partial charge in [0.2, 0.25) is 0 Å². The second-order valence-corrected chi connectivity index (χ2v) is 10.6. The lowest BCUT2D eigenvalue weighted by molar-refractivity contribution is -0.00520. The quantitative estimate of drug-likeness (QED) is 0.598. The van der Waals surface area contributed by atoms with Gasteiger partial charge in [-0.05, 0) is 97.6 Å². The van der Waals surface area contributed by atoms with Crippen molar-refractivity contribution in [3.05, 3.63) is 59.4 Å². The highest BCUT2D eigenvalue weighted by Gasteiger charge is 2.51. The van der Waals surface area contributed by atoms with Gasteiger partial charge in [0.1, 0.15) is 18.2 Å². The number of ether oxygens (including phenoxy) is 1. The fraction of sp³-hybridized carbons (Fsp3) is 0.481. The SMILES string of the molecule is CN(C)C(=O)c1ccc2nc(COc3ccc(C45CC6CC(CC(C6)C4)C5)cc3)[nH]c2c1. The average Bonchev–Trinajstić information content (AvgIpc) is 3.18. The van der Waals surface area contributed by atoms with Gasteiger partial charge < -0.3 is 14.6 Å². The van der Waals surface area contributed by atoms with Crippen molar-refractivity contribution >= 4 is 16.9 Å². The zero-order chi connectivity index (χ0) is 21.9. The van der Waals surface area contributed by atoms with E-state index in [-0.39, 0.29) is 5.91 Å². The first-order chi connectivity index (χ1) is 15.5. The third-order valence-electron chi connectivity index (χ3n) is 8.06. The molecular formula is C27H31N3O2. The molecule has 166 valence electrons. The zero-order valence-electron chi connectivity index (χ0n) is 18.9. The molecule has 5 heteroatoms. The Bertz CT molecular complexity index is 1130. The van der Waals surface area contributed by atoms with E-state index in [0.717, 1.165) is 40.4 Å². The van der Waals surface area contributed by atoms with Gasteiger partial charge in [-0.3, -0.25) is 4.79 Å². The Labute approximate surface area is 189 Å². The number of benzene rings is 2. The Morgan fingerprint density at radius 3 is 2.31 bits per heavy atom. The van der Waals surface area contributed by atoms with Crippen LogP contribution in [0.2, 0.25) is 0 Å². The third-order valence-corrected chi connectivity index (χ3v) is 8.06. The van der Waals surface area contributed by atoms with Crippen molar-refractivity contribution in [2.24, 2.45) is 17.8 Å². The van der Waals surface area contributed by atoms with E-state index in [4.69, 9.17) is 4.74 Å². The zero-order valence-corrected chi connectivity index (χ0v) is 18.9. The van der Waals surface area contributed by atoms with Crippen LogP contribution >= 0.6 is 0 Å². The third kappa shape index (κ3) is 3.39. The lowest BCUT2D eigenvalue weighted by Crippen LogP contribution is -2.48. The van der Waals surface area contributed by atoms with Crippen molar-refractivity contribution in [2.45, 2.75) is 50.5 Å². The molecule has 0 spiro atoms. The van der Waals surface area contributed by atoms with Crippen LogP contribution in [-0.4, -0.2) is 34.9 Å². The van der Waals surface area contributed by atoms with E-state index in [1.165, 1.54) is 44.1 Å². The molecule has 7 rings (SSSR count). The fourth-order valence-corrected chi connectivity index (χ4v) is 7.04. The molecule has 0 unspecified atom stereocenters. The van der Waals surface area contributed by atoms with Gasteiger partial charge in [0.25, 0.3) is 5.91 Å². The number of aromatic nitrogens is 2. The van der Waals surface area contributed by atoms with Crippen LogP contribution in [0.25, 0.3) is 11.0 Å². The molecule has 0 atom stereocenters. The van der Waals surface area contributed by atoms with Crippen molar-refractivity contribution in [3.63, 3.8) is 0 Å². The summed E-state index contributed by atoms with van der Waals surface area (Å²) in [5.41, 5.74) is 4.29. The van der Waals surface area contributed by atoms with Crippen LogP contribution < -0.4 is 4.74 Å². The molecule has 1 heterocycles. The van der Waals surface area contributed by atoms with E-state index < -0.39 is 0 Å². The summed E-state index contributed by atoms with van der Waals surface area (Å²) in [6.45, 7) is 0.377. The number of imidazole rings is 1. The molecule has 1 amide bonds. The van der Waals surface area contributed by atoms with Gasteiger partial charge in [0.15, 0.2) is 0 Å². The number of aromatic amines is 1. The lowest BCUT2D eigenvalue weighted by atomic mass is 9.48. The first-order valence-corrected chi connectivity index (χ1v) is 11.9. The standard InChI is InChI=1S/C27H31N3O2/c1-30(2)26(31)20-3-8-23-24(12-20)29-25(28-23)16-32-22-6-4-21(5-7-22)27-13-17-9-18(14-27)11-19(10-17)15-27/h3-8,12,17-19H,9-11,13-16H2,1-2H3,(H,28,29). The summed E-state index contributed by atoms with van der Waals surface area (Å²) >= 11 is 0. The molecule has 1 aromatic heterocycles. The molecule has 4 saturated carbocycles. The number of carbonyl (C=O) groups excluding carboxylic acids is 1. The second kappa shape index (κ2) is 7.36. The van der Waals surface area contributed by atoms with E-state index in [2.05, 4.69) is 34.2 Å². The molecule has 0 aliphatic heterocycles. The van der Waals surface area contributed by atoms with E-state index in [9.17, 15) is 4.79 Å². The van der Waals surface area contributed by atoms with Gasteiger partial charge in [-0.25, -0.2) is 4.98 Å². The number of fused-ring (bicyclic) bond motifs is 1. The smallest absolute Gasteiger partial charge is 0.253 e. The molecule has 2 aromatic carbocycles. The normalized spacial score (nSPS) is 28.2. The van der Waals surface area contributed by atoms with Crippen LogP contribution in [0, 0.1) is 17.8 Å². The van der Waals surface area contributed by atoms with Crippen molar-refractivity contribution in [3.8, 4) is 5.75 Å². The van der Waals surface area contributed by atoms with E-state index >= 15 is 0 Å². The van der Waals surface area contributed by atoms with Gasteiger partial charge in [-0.15, -0.1) is 0 Å². The Kier molecular flexibility index (Phi) is 4.56. The molecule has 4 fully saturated rings. The topological polar surface area (TPSA) is 58.2 Å². The highest BCUT2D eigenvalue weighted by molar-refractivity contribution is 5.97. The maximum absolute atomic E-state index is 12.2. The monoisotopic (exact) mass is 429 g/mol. The maximum Gasteiger partial charge on any atom is 0.253 e. The van der Waals surface area contributed by atoms with Crippen molar-refractivity contribution in [1.29, 1.82) is 0 Å². The Morgan fingerprint density at radius 2 is 1.69 bits per heavy atom. The largest absolute Gasteiger partial charge is 0.486 e. The average molecular weight is 430 g/mol. The number of H-pyrrole nitrogens is 1. The molecule has 32 heavy (non-hydrogen) atoms. The molecule has 0 saturated heterocycles. The summed E-state index contributed by atoms with van der Waals surface area (Å²) in [7, 11) is 3.51. The second-order valence-electron chi connectivity index (χ2n) is 10.6. The van der Waals surface area contributed by atoms with Crippen LogP contribution in [0.1, 0.15) is 60.3 Å². The van der Waals surface area contributed by atoms with Gasteiger partial charge >= 0.3 is 0 Å². The van der Waals surface area contributed by atoms with Crippen LogP contribution in [0.3, 0.4) is 0 Å². The van der Waals surface area contributed by atoms with Crippen molar-refractivity contribution < 1.29 is 9.53 Å². The number of rotatable bonds is 5. The predicted molar refractivity (Wildman–Crippen MR) is 125 cm³/mol. The van der Waals surface area contributed by atoms with Crippen LogP contribution in [-0.2, 0) is 12.0 Å². The van der Waals surface area contributed by atoms with Crippen molar-refractivity contribution in [2.75, 3.05) is 14.1 Å². The Morgan fingerprint density at radius 1 is 1.03 bits per heavy atom. The minimum absolute atomic E-state index is 0.0154. The van der Waals surface area contributed by atoms with Gasteiger partial charge in [0, 0.05) is 19.7 Å². The van der Waals surface area contributed by atoms with Crippen LogP contribution in [0.4, 0.5) is 0 Å². The summed E-state index contributed by atoms with van der Waals surface area (Å²) in [5.74, 6) is 4.50. The molecule has 4 bridgehead atoms. The maximum atomic E-state index is 12.2. The summed E-state index contributed by atoms with van der Waals surface area (Å²) in [6, 6.07) is 14.4. The molecule has 4 aliphatic carbocycles. The summed E-state index contributed by atoms with van der Waals surface area (Å²) < 4.78 is 6.04. The van der Waals surface area contributed by atoms with E-state index in [0.29, 0.717) is 17.6 Å². The number of nitrogens with one attached hydrogen (secondary N) is 1. The summed E-state index contributed by atoms with van der Waals surface area (Å²) in [4.78, 5) is 21.7. The van der Waals surface area contributed by atoms with Crippen molar-refractivity contribution in [1.82, 2.24) is 14.9 Å². The molecule has 0 radical (unpaired) electrons. The summed E-state index contributed by atoms with van der Waals surface area (Å²) in [5, 5.41) is 0. The number of carbonyl (C=O) groups is 1. The van der Waals surface area contributed by atoms with Gasteiger partial charge in [-0.1, -0.05) is 12.1 Å². The minimum Gasteiger partial charge on any atom is -0.486 e. The molecule has 4 aliphatic rings. The van der Waals surface area contributed by atoms with E-state index in [1.807, 2.05) is 18.2 Å². The number of amides is 1. The first-order valence-electron chi connectivity index (χ1n) is 11.9. The fourth-order valence-electron chi connectivity index (χ4n) is 7.04. The molecular weight excluding hydrogens is 398 g/mol. The van der Waals surface area contributed by atoms with Gasteiger partial charge in [-0.2, -0.15) is 0 Å². The van der Waals surface area contributed by atoms with Crippen LogP contribution in [0.15, 0.2) is 42.5 Å². The minimum atomic E-state index is -0.0154. The molecule has 3 aromatic rings. The first kappa shape index (κ1) is 19.8. The Balaban J connectivity index is 1.15. The highest BCUT2D eigenvalue weighted by atomic mass is 16.5.